The second-order valence-corrected chi connectivity index (χ2v) is 5.85. The van der Waals surface area contributed by atoms with E-state index in [0.29, 0.717) is 11.7 Å². The summed E-state index contributed by atoms with van der Waals surface area (Å²) < 4.78 is 0. The molecule has 2 rings (SSSR count). The van der Waals surface area contributed by atoms with Crippen LogP contribution in [0, 0.1) is 6.92 Å². The number of benzene rings is 1. The van der Waals surface area contributed by atoms with Crippen molar-refractivity contribution in [2.24, 2.45) is 0 Å². The largest absolute Gasteiger partial charge is 0.507 e. The van der Waals surface area contributed by atoms with Gasteiger partial charge in [0.1, 0.15) is 5.75 Å². The van der Waals surface area contributed by atoms with Gasteiger partial charge in [0.2, 0.25) is 0 Å². The Morgan fingerprint density at radius 2 is 1.83 bits per heavy atom. The number of phenolic OH excluding ortho intramolecular Hbond substituents is 1. The molecule has 1 heteroatoms. The van der Waals surface area contributed by atoms with Crippen molar-refractivity contribution in [3.05, 3.63) is 34.4 Å². The molecule has 0 saturated heterocycles. The summed E-state index contributed by atoms with van der Waals surface area (Å²) in [5.74, 6) is 1.07. The van der Waals surface area contributed by atoms with Gasteiger partial charge in [-0.05, 0) is 56.7 Å². The van der Waals surface area contributed by atoms with Gasteiger partial charge in [-0.25, -0.2) is 0 Å². The lowest BCUT2D eigenvalue weighted by molar-refractivity contribution is 0.413. The topological polar surface area (TPSA) is 20.2 Å². The summed E-state index contributed by atoms with van der Waals surface area (Å²) in [6.45, 7) is 6.26. The van der Waals surface area contributed by atoms with Crippen molar-refractivity contribution in [3.8, 4) is 5.75 Å². The molecule has 0 atom stereocenters. The Bertz CT molecular complexity index is 447. The molecule has 1 nitrogen and oxygen atoms in total. The van der Waals surface area contributed by atoms with E-state index in [-0.39, 0.29) is 0 Å². The molecule has 0 spiro atoms. The van der Waals surface area contributed by atoms with E-state index in [0.717, 1.165) is 5.56 Å². The van der Waals surface area contributed by atoms with Crippen LogP contribution in [0.25, 0.3) is 6.08 Å². The second-order valence-electron chi connectivity index (χ2n) is 5.85. The number of aromatic hydroxyl groups is 1. The van der Waals surface area contributed by atoms with Crippen molar-refractivity contribution in [3.63, 3.8) is 0 Å². The summed E-state index contributed by atoms with van der Waals surface area (Å²) in [5.41, 5.74) is 4.63. The molecule has 0 unspecified atom stereocenters. The summed E-state index contributed by atoms with van der Waals surface area (Å²) in [6, 6.07) is 4.25. The minimum atomic E-state index is 0.508. The molecule has 0 radical (unpaired) electrons. The van der Waals surface area contributed by atoms with E-state index in [9.17, 15) is 5.11 Å². The Morgan fingerprint density at radius 1 is 1.17 bits per heavy atom. The lowest BCUT2D eigenvalue weighted by Gasteiger charge is -2.24. The zero-order valence-corrected chi connectivity index (χ0v) is 11.8. The number of aryl methyl sites for hydroxylation is 1. The van der Waals surface area contributed by atoms with Crippen molar-refractivity contribution in [2.45, 2.75) is 58.8 Å². The van der Waals surface area contributed by atoms with Gasteiger partial charge in [0, 0.05) is 5.56 Å². The van der Waals surface area contributed by atoms with E-state index in [2.05, 4.69) is 39.0 Å². The third-order valence-corrected chi connectivity index (χ3v) is 3.80. The van der Waals surface area contributed by atoms with Crippen molar-refractivity contribution < 1.29 is 5.11 Å². The van der Waals surface area contributed by atoms with Crippen LogP contribution in [0.3, 0.4) is 0 Å². The highest BCUT2D eigenvalue weighted by atomic mass is 16.3. The Labute approximate surface area is 111 Å². The Morgan fingerprint density at radius 3 is 2.44 bits per heavy atom. The lowest BCUT2D eigenvalue weighted by Crippen LogP contribution is -2.05. The SMILES string of the molecule is CC(C)=Cc1cc(C)cc(C2CCCCC2)c1O. The Hall–Kier alpha value is -1.24. The molecule has 1 aromatic carbocycles. The highest BCUT2D eigenvalue weighted by Crippen LogP contribution is 2.39. The van der Waals surface area contributed by atoms with Crippen LogP contribution in [-0.2, 0) is 0 Å². The van der Waals surface area contributed by atoms with Crippen LogP contribution in [0.15, 0.2) is 17.7 Å². The zero-order valence-electron chi connectivity index (χ0n) is 11.8. The lowest BCUT2D eigenvalue weighted by atomic mass is 9.82. The van der Waals surface area contributed by atoms with Gasteiger partial charge in [-0.3, -0.25) is 0 Å². The number of hydrogen-bond donors (Lipinski definition) is 1. The number of hydrogen-bond acceptors (Lipinski definition) is 1. The van der Waals surface area contributed by atoms with Crippen LogP contribution in [0.2, 0.25) is 0 Å². The molecule has 0 amide bonds. The molecular formula is C17H24O. The van der Waals surface area contributed by atoms with E-state index in [1.54, 1.807) is 0 Å². The van der Waals surface area contributed by atoms with Gasteiger partial charge in [-0.15, -0.1) is 0 Å². The van der Waals surface area contributed by atoms with Crippen molar-refractivity contribution in [1.82, 2.24) is 0 Å². The molecule has 18 heavy (non-hydrogen) atoms. The molecule has 1 aromatic rings. The zero-order chi connectivity index (χ0) is 13.1. The van der Waals surface area contributed by atoms with Gasteiger partial charge in [0.05, 0.1) is 0 Å². The summed E-state index contributed by atoms with van der Waals surface area (Å²) in [4.78, 5) is 0. The van der Waals surface area contributed by atoms with Crippen molar-refractivity contribution >= 4 is 6.08 Å². The average molecular weight is 244 g/mol. The van der Waals surface area contributed by atoms with Crippen LogP contribution in [0.4, 0.5) is 0 Å². The van der Waals surface area contributed by atoms with E-state index >= 15 is 0 Å². The maximum absolute atomic E-state index is 10.5. The fourth-order valence-electron chi connectivity index (χ4n) is 2.98. The van der Waals surface area contributed by atoms with Gasteiger partial charge in [-0.1, -0.05) is 37.0 Å². The predicted octanol–water partition coefficient (Wildman–Crippen LogP) is 5.17. The normalized spacial score (nSPS) is 16.6. The third kappa shape index (κ3) is 2.95. The van der Waals surface area contributed by atoms with E-state index < -0.39 is 0 Å². The second kappa shape index (κ2) is 5.60. The number of phenols is 1. The van der Waals surface area contributed by atoms with Gasteiger partial charge in [0.25, 0.3) is 0 Å². The Balaban J connectivity index is 2.40. The summed E-state index contributed by atoms with van der Waals surface area (Å²) in [6.07, 6.45) is 8.49. The molecular weight excluding hydrogens is 220 g/mol. The highest BCUT2D eigenvalue weighted by molar-refractivity contribution is 5.62. The minimum absolute atomic E-state index is 0.508. The van der Waals surface area contributed by atoms with Crippen LogP contribution in [-0.4, -0.2) is 5.11 Å². The summed E-state index contributed by atoms with van der Waals surface area (Å²) >= 11 is 0. The predicted molar refractivity (Wildman–Crippen MR) is 78.0 cm³/mol. The van der Waals surface area contributed by atoms with Gasteiger partial charge in [-0.2, -0.15) is 0 Å². The monoisotopic (exact) mass is 244 g/mol. The molecule has 1 aliphatic carbocycles. The van der Waals surface area contributed by atoms with Crippen LogP contribution in [0.5, 0.6) is 5.75 Å². The smallest absolute Gasteiger partial charge is 0.126 e. The van der Waals surface area contributed by atoms with E-state index in [4.69, 9.17) is 0 Å². The van der Waals surface area contributed by atoms with E-state index in [1.165, 1.54) is 48.8 Å². The third-order valence-electron chi connectivity index (χ3n) is 3.80. The van der Waals surface area contributed by atoms with E-state index in [1.807, 2.05) is 0 Å². The standard InChI is InChI=1S/C17H24O/c1-12(2)9-15-10-13(3)11-16(17(15)18)14-7-5-4-6-8-14/h9-11,14,18H,4-8H2,1-3H3. The summed E-state index contributed by atoms with van der Waals surface area (Å²) in [5, 5.41) is 10.5. The molecule has 1 N–H and O–H groups in total. The molecule has 0 bridgehead atoms. The molecule has 1 fully saturated rings. The molecule has 0 heterocycles. The summed E-state index contributed by atoms with van der Waals surface area (Å²) in [7, 11) is 0. The van der Waals surface area contributed by atoms with Crippen molar-refractivity contribution in [2.75, 3.05) is 0 Å². The fourth-order valence-corrected chi connectivity index (χ4v) is 2.98. The molecule has 1 saturated carbocycles. The molecule has 0 aliphatic heterocycles. The Kier molecular flexibility index (Phi) is 4.11. The van der Waals surface area contributed by atoms with Crippen LogP contribution >= 0.6 is 0 Å². The number of rotatable bonds is 2. The van der Waals surface area contributed by atoms with Crippen LogP contribution < -0.4 is 0 Å². The first-order chi connectivity index (χ1) is 8.58. The average Bonchev–Trinajstić information content (AvgIpc) is 2.34. The quantitative estimate of drug-likeness (QED) is 0.760. The first kappa shape index (κ1) is 13.2. The molecule has 1 aliphatic rings. The molecule has 0 aromatic heterocycles. The first-order valence-electron chi connectivity index (χ1n) is 7.06. The minimum Gasteiger partial charge on any atom is -0.507 e. The molecule has 98 valence electrons. The maximum atomic E-state index is 10.5. The number of allylic oxidation sites excluding steroid dienone is 1. The van der Waals surface area contributed by atoms with Gasteiger partial charge < -0.3 is 5.11 Å². The van der Waals surface area contributed by atoms with Gasteiger partial charge in [0.15, 0.2) is 0 Å². The van der Waals surface area contributed by atoms with Crippen molar-refractivity contribution in [1.29, 1.82) is 0 Å². The highest BCUT2D eigenvalue weighted by Gasteiger charge is 2.20. The van der Waals surface area contributed by atoms with Crippen LogP contribution in [0.1, 0.15) is 68.6 Å². The first-order valence-corrected chi connectivity index (χ1v) is 7.06. The fraction of sp³-hybridized carbons (Fsp3) is 0.529. The maximum Gasteiger partial charge on any atom is 0.126 e. The van der Waals surface area contributed by atoms with Gasteiger partial charge >= 0.3 is 0 Å².